The summed E-state index contributed by atoms with van der Waals surface area (Å²) in [5.74, 6) is -0.647. The minimum atomic E-state index is -1.14. The molecule has 0 spiro atoms. The van der Waals surface area contributed by atoms with Gasteiger partial charge in [0.25, 0.3) is 0 Å². The number of amides is 2. The number of rotatable bonds is 4. The normalized spacial score (nSPS) is 14.8. The summed E-state index contributed by atoms with van der Waals surface area (Å²) in [4.78, 5) is 24.3. The molecule has 1 aromatic rings. The molecule has 20 heavy (non-hydrogen) atoms. The van der Waals surface area contributed by atoms with Crippen LogP contribution < -0.4 is 10.6 Å². The zero-order chi connectivity index (χ0) is 14.9. The summed E-state index contributed by atoms with van der Waals surface area (Å²) in [6, 6.07) is 5.01. The second-order valence-corrected chi connectivity index (χ2v) is 6.27. The molecule has 0 aromatic heterocycles. The smallest absolute Gasteiger partial charge is 0.239 e. The molecule has 0 saturated heterocycles. The Morgan fingerprint density at radius 1 is 1.15 bits per heavy atom. The third kappa shape index (κ3) is 3.44. The van der Waals surface area contributed by atoms with E-state index in [-0.39, 0.29) is 17.9 Å². The summed E-state index contributed by atoms with van der Waals surface area (Å²) in [7, 11) is 0. The average Bonchev–Trinajstić information content (AvgIpc) is 3.17. The van der Waals surface area contributed by atoms with Crippen molar-refractivity contribution >= 4 is 40.7 Å². The maximum Gasteiger partial charge on any atom is 0.239 e. The number of halogens is 2. The van der Waals surface area contributed by atoms with Gasteiger partial charge in [-0.1, -0.05) is 23.2 Å². The Labute approximate surface area is 127 Å². The molecule has 4 nitrogen and oxygen atoms in total. The van der Waals surface area contributed by atoms with Gasteiger partial charge in [-0.3, -0.25) is 9.59 Å². The first-order valence-electron chi connectivity index (χ1n) is 6.38. The minimum Gasteiger partial charge on any atom is -0.352 e. The number of hydrogen-bond donors (Lipinski definition) is 2. The zero-order valence-electron chi connectivity index (χ0n) is 11.3. The maximum absolute atomic E-state index is 12.2. The lowest BCUT2D eigenvalue weighted by atomic mass is 9.91. The van der Waals surface area contributed by atoms with E-state index in [1.165, 1.54) is 0 Å². The molecule has 108 valence electrons. The van der Waals surface area contributed by atoms with E-state index in [2.05, 4.69) is 10.6 Å². The molecule has 1 aliphatic rings. The van der Waals surface area contributed by atoms with Crippen molar-refractivity contribution in [3.63, 3.8) is 0 Å². The van der Waals surface area contributed by atoms with Crippen molar-refractivity contribution in [1.29, 1.82) is 0 Å². The predicted molar refractivity (Wildman–Crippen MR) is 80.0 cm³/mol. The quantitative estimate of drug-likeness (QED) is 0.838. The second-order valence-electron chi connectivity index (χ2n) is 5.46. The molecule has 0 atom stereocenters. The van der Waals surface area contributed by atoms with Gasteiger partial charge in [0.1, 0.15) is 5.41 Å². The van der Waals surface area contributed by atoms with Gasteiger partial charge in [0.2, 0.25) is 11.8 Å². The highest BCUT2D eigenvalue weighted by molar-refractivity contribution is 6.42. The first-order valence-corrected chi connectivity index (χ1v) is 7.14. The highest BCUT2D eigenvalue weighted by Gasteiger charge is 2.38. The molecular formula is C14H16Cl2N2O2. The third-order valence-corrected chi connectivity index (χ3v) is 3.96. The van der Waals surface area contributed by atoms with E-state index < -0.39 is 5.41 Å². The van der Waals surface area contributed by atoms with Crippen LogP contribution in [-0.2, 0) is 9.59 Å². The summed E-state index contributed by atoms with van der Waals surface area (Å²) in [5, 5.41) is 6.28. The van der Waals surface area contributed by atoms with Gasteiger partial charge in [-0.25, -0.2) is 0 Å². The van der Waals surface area contributed by atoms with Crippen LogP contribution in [0.3, 0.4) is 0 Å². The Bertz CT molecular complexity index is 554. The summed E-state index contributed by atoms with van der Waals surface area (Å²) < 4.78 is 0. The van der Waals surface area contributed by atoms with Crippen LogP contribution >= 0.6 is 23.2 Å². The molecule has 0 aliphatic heterocycles. The molecule has 0 bridgehead atoms. The fourth-order valence-corrected chi connectivity index (χ4v) is 1.86. The zero-order valence-corrected chi connectivity index (χ0v) is 12.8. The molecular weight excluding hydrogens is 299 g/mol. The lowest BCUT2D eigenvalue weighted by Gasteiger charge is -2.22. The van der Waals surface area contributed by atoms with E-state index in [1.807, 2.05) is 0 Å². The fourth-order valence-electron chi connectivity index (χ4n) is 1.56. The number of nitrogens with one attached hydrogen (secondary N) is 2. The monoisotopic (exact) mass is 314 g/mol. The van der Waals surface area contributed by atoms with Crippen LogP contribution in [0.2, 0.25) is 10.0 Å². The van der Waals surface area contributed by atoms with Crippen LogP contribution in [0, 0.1) is 5.41 Å². The van der Waals surface area contributed by atoms with Gasteiger partial charge in [-0.05, 0) is 44.9 Å². The Hall–Kier alpha value is -1.26. The van der Waals surface area contributed by atoms with Crippen molar-refractivity contribution in [3.05, 3.63) is 28.2 Å². The van der Waals surface area contributed by atoms with Gasteiger partial charge in [-0.2, -0.15) is 0 Å². The van der Waals surface area contributed by atoms with E-state index in [9.17, 15) is 9.59 Å². The number of benzene rings is 1. The SMILES string of the molecule is CC(C)(C(=O)Nc1ccc(Cl)c(Cl)c1)C(=O)NC1CC1. The molecule has 2 N–H and O–H groups in total. The summed E-state index contributed by atoms with van der Waals surface area (Å²) >= 11 is 11.7. The van der Waals surface area contributed by atoms with Gasteiger partial charge in [0, 0.05) is 11.7 Å². The topological polar surface area (TPSA) is 58.2 Å². The summed E-state index contributed by atoms with van der Waals surface area (Å²) in [6.45, 7) is 3.19. The standard InChI is InChI=1S/C14H16Cl2N2O2/c1-14(2,12(19)17-8-3-4-8)13(20)18-9-5-6-10(15)11(16)7-9/h5-8H,3-4H2,1-2H3,(H,17,19)(H,18,20). The molecule has 0 unspecified atom stereocenters. The molecule has 1 saturated carbocycles. The number of anilines is 1. The molecule has 1 fully saturated rings. The van der Waals surface area contributed by atoms with E-state index in [4.69, 9.17) is 23.2 Å². The summed E-state index contributed by atoms with van der Waals surface area (Å²) in [5.41, 5.74) is -0.633. The highest BCUT2D eigenvalue weighted by atomic mass is 35.5. The third-order valence-electron chi connectivity index (χ3n) is 3.23. The van der Waals surface area contributed by atoms with Crippen LogP contribution in [0.5, 0.6) is 0 Å². The molecule has 1 aromatic carbocycles. The highest BCUT2D eigenvalue weighted by Crippen LogP contribution is 2.27. The van der Waals surface area contributed by atoms with Crippen molar-refractivity contribution in [2.24, 2.45) is 5.41 Å². The van der Waals surface area contributed by atoms with Crippen LogP contribution in [0.25, 0.3) is 0 Å². The summed E-state index contributed by atoms with van der Waals surface area (Å²) in [6.07, 6.45) is 1.96. The Morgan fingerprint density at radius 2 is 1.80 bits per heavy atom. The molecule has 6 heteroatoms. The largest absolute Gasteiger partial charge is 0.352 e. The van der Waals surface area contributed by atoms with Gasteiger partial charge >= 0.3 is 0 Å². The van der Waals surface area contributed by atoms with Crippen LogP contribution in [0.1, 0.15) is 26.7 Å². The van der Waals surface area contributed by atoms with Crippen molar-refractivity contribution in [1.82, 2.24) is 5.32 Å². The van der Waals surface area contributed by atoms with Gasteiger partial charge in [-0.15, -0.1) is 0 Å². The lowest BCUT2D eigenvalue weighted by Crippen LogP contribution is -2.45. The Morgan fingerprint density at radius 3 is 2.35 bits per heavy atom. The maximum atomic E-state index is 12.2. The first kappa shape index (κ1) is 15.1. The van der Waals surface area contributed by atoms with Crippen LogP contribution in [-0.4, -0.2) is 17.9 Å². The van der Waals surface area contributed by atoms with Crippen molar-refractivity contribution in [2.45, 2.75) is 32.7 Å². The number of carbonyl (C=O) groups is 2. The van der Waals surface area contributed by atoms with Gasteiger partial charge < -0.3 is 10.6 Å². The van der Waals surface area contributed by atoms with E-state index in [0.717, 1.165) is 12.8 Å². The average molecular weight is 315 g/mol. The number of carbonyl (C=O) groups excluding carboxylic acids is 2. The number of hydrogen-bond acceptors (Lipinski definition) is 2. The van der Waals surface area contributed by atoms with E-state index in [1.54, 1.807) is 32.0 Å². The molecule has 2 amide bonds. The van der Waals surface area contributed by atoms with Crippen LogP contribution in [0.15, 0.2) is 18.2 Å². The Kier molecular flexibility index (Phi) is 4.25. The van der Waals surface area contributed by atoms with Crippen molar-refractivity contribution in [3.8, 4) is 0 Å². The molecule has 0 radical (unpaired) electrons. The second kappa shape index (κ2) is 5.62. The molecule has 2 rings (SSSR count). The van der Waals surface area contributed by atoms with Crippen LogP contribution in [0.4, 0.5) is 5.69 Å². The Balaban J connectivity index is 2.05. The molecule has 0 heterocycles. The van der Waals surface area contributed by atoms with E-state index >= 15 is 0 Å². The van der Waals surface area contributed by atoms with Gasteiger partial charge in [0.15, 0.2) is 0 Å². The van der Waals surface area contributed by atoms with Crippen molar-refractivity contribution in [2.75, 3.05) is 5.32 Å². The molecule has 1 aliphatic carbocycles. The first-order chi connectivity index (χ1) is 9.30. The van der Waals surface area contributed by atoms with Gasteiger partial charge in [0.05, 0.1) is 10.0 Å². The van der Waals surface area contributed by atoms with E-state index in [0.29, 0.717) is 15.7 Å². The van der Waals surface area contributed by atoms with Crippen molar-refractivity contribution < 1.29 is 9.59 Å². The predicted octanol–water partition coefficient (Wildman–Crippen LogP) is 3.24. The fraction of sp³-hybridized carbons (Fsp3) is 0.429. The lowest BCUT2D eigenvalue weighted by molar-refractivity contribution is -0.138. The minimum absolute atomic E-state index is 0.222.